The van der Waals surface area contributed by atoms with Crippen molar-refractivity contribution in [3.05, 3.63) is 58.8 Å². The number of nitrogens with one attached hydrogen (secondary N) is 1. The lowest BCUT2D eigenvalue weighted by Crippen LogP contribution is -2.06. The molecule has 0 amide bonds. The van der Waals surface area contributed by atoms with Crippen LogP contribution in [0.25, 0.3) is 10.9 Å². The zero-order chi connectivity index (χ0) is 17.5. The summed E-state index contributed by atoms with van der Waals surface area (Å²) in [6, 6.07) is 15.4. The highest BCUT2D eigenvalue weighted by Gasteiger charge is 2.05. The molecule has 130 valence electrons. The average Bonchev–Trinajstić information content (AvgIpc) is 2.62. The molecule has 0 saturated carbocycles. The van der Waals surface area contributed by atoms with Crippen molar-refractivity contribution in [2.75, 3.05) is 18.5 Å². The van der Waals surface area contributed by atoms with Gasteiger partial charge in [0.25, 0.3) is 0 Å². The van der Waals surface area contributed by atoms with Crippen LogP contribution in [0.1, 0.15) is 19.3 Å². The highest BCUT2D eigenvalue weighted by Crippen LogP contribution is 2.23. The number of halogens is 2. The molecule has 0 fully saturated rings. The van der Waals surface area contributed by atoms with Gasteiger partial charge in [0.05, 0.1) is 17.1 Å². The molecule has 1 heterocycles. The molecule has 1 aromatic heterocycles. The fourth-order valence-corrected chi connectivity index (χ4v) is 2.90. The largest absolute Gasteiger partial charge is 0.492 e. The van der Waals surface area contributed by atoms with Crippen molar-refractivity contribution in [3.63, 3.8) is 0 Å². The molecule has 0 spiro atoms. The summed E-state index contributed by atoms with van der Waals surface area (Å²) in [5, 5.41) is 5.24. The second-order valence-corrected chi connectivity index (χ2v) is 6.37. The predicted molar refractivity (Wildman–Crippen MR) is 104 cm³/mol. The maximum absolute atomic E-state index is 6.06. The Hall–Kier alpha value is -2.04. The molecular weight excluding hydrogens is 357 g/mol. The minimum Gasteiger partial charge on any atom is -0.492 e. The van der Waals surface area contributed by atoms with Crippen LogP contribution in [-0.4, -0.2) is 23.1 Å². The number of aromatic nitrogens is 2. The van der Waals surface area contributed by atoms with Gasteiger partial charge in [-0.05, 0) is 55.1 Å². The van der Waals surface area contributed by atoms with E-state index < -0.39 is 0 Å². The summed E-state index contributed by atoms with van der Waals surface area (Å²) in [5.41, 5.74) is 0.845. The van der Waals surface area contributed by atoms with Gasteiger partial charge in [-0.15, -0.1) is 0 Å². The first-order valence-electron chi connectivity index (χ1n) is 8.27. The van der Waals surface area contributed by atoms with Crippen molar-refractivity contribution in [1.29, 1.82) is 0 Å². The highest BCUT2D eigenvalue weighted by atomic mass is 35.5. The SMILES string of the molecule is Clc1nc(NCCCCCOc2ccccc2Cl)c2ccccc2n1. The molecule has 0 aliphatic heterocycles. The van der Waals surface area contributed by atoms with Crippen molar-refractivity contribution in [2.24, 2.45) is 0 Å². The van der Waals surface area contributed by atoms with Gasteiger partial charge in [-0.2, -0.15) is 0 Å². The van der Waals surface area contributed by atoms with E-state index in [1.165, 1.54) is 0 Å². The lowest BCUT2D eigenvalue weighted by molar-refractivity contribution is 0.306. The average molecular weight is 376 g/mol. The monoisotopic (exact) mass is 375 g/mol. The number of benzene rings is 2. The second-order valence-electron chi connectivity index (χ2n) is 5.62. The van der Waals surface area contributed by atoms with Gasteiger partial charge in [0, 0.05) is 11.9 Å². The van der Waals surface area contributed by atoms with Crippen molar-refractivity contribution in [3.8, 4) is 5.75 Å². The van der Waals surface area contributed by atoms with E-state index >= 15 is 0 Å². The van der Waals surface area contributed by atoms with Gasteiger partial charge in [-0.1, -0.05) is 35.9 Å². The molecule has 0 unspecified atom stereocenters. The zero-order valence-corrected chi connectivity index (χ0v) is 15.2. The number of nitrogens with zero attached hydrogens (tertiary/aromatic N) is 2. The summed E-state index contributed by atoms with van der Waals surface area (Å²) < 4.78 is 5.68. The molecule has 0 radical (unpaired) electrons. The van der Waals surface area contributed by atoms with E-state index in [-0.39, 0.29) is 5.28 Å². The quantitative estimate of drug-likeness (QED) is 0.411. The summed E-state index contributed by atoms with van der Waals surface area (Å²) in [6.45, 7) is 1.48. The highest BCUT2D eigenvalue weighted by molar-refractivity contribution is 6.32. The molecule has 0 atom stereocenters. The van der Waals surface area contributed by atoms with Crippen molar-refractivity contribution >= 4 is 39.9 Å². The molecule has 3 aromatic rings. The van der Waals surface area contributed by atoms with Gasteiger partial charge in [0.15, 0.2) is 0 Å². The van der Waals surface area contributed by atoms with Crippen molar-refractivity contribution in [1.82, 2.24) is 9.97 Å². The Labute approximate surface area is 157 Å². The van der Waals surface area contributed by atoms with E-state index in [1.54, 1.807) is 0 Å². The number of anilines is 1. The van der Waals surface area contributed by atoms with Crippen LogP contribution in [0.3, 0.4) is 0 Å². The molecule has 25 heavy (non-hydrogen) atoms. The second kappa shape index (κ2) is 8.88. The number of rotatable bonds is 8. The van der Waals surface area contributed by atoms with E-state index in [2.05, 4.69) is 15.3 Å². The van der Waals surface area contributed by atoms with Gasteiger partial charge in [0.1, 0.15) is 11.6 Å². The summed E-state index contributed by atoms with van der Waals surface area (Å²) >= 11 is 12.0. The van der Waals surface area contributed by atoms with Gasteiger partial charge in [-0.3, -0.25) is 0 Å². The van der Waals surface area contributed by atoms with Crippen LogP contribution in [0.15, 0.2) is 48.5 Å². The first-order valence-corrected chi connectivity index (χ1v) is 9.03. The summed E-state index contributed by atoms with van der Waals surface area (Å²) in [6.07, 6.45) is 3.04. The van der Waals surface area contributed by atoms with Crippen molar-refractivity contribution < 1.29 is 4.74 Å². The fourth-order valence-electron chi connectivity index (χ4n) is 2.54. The Bertz CT molecular complexity index is 842. The zero-order valence-electron chi connectivity index (χ0n) is 13.7. The number of ether oxygens (including phenoxy) is 1. The first-order chi connectivity index (χ1) is 12.2. The number of fused-ring (bicyclic) bond motifs is 1. The molecule has 3 rings (SSSR count). The van der Waals surface area contributed by atoms with Crippen LogP contribution in [-0.2, 0) is 0 Å². The Morgan fingerprint density at radius 3 is 2.56 bits per heavy atom. The Morgan fingerprint density at radius 1 is 0.880 bits per heavy atom. The fraction of sp³-hybridized carbons (Fsp3) is 0.263. The molecule has 2 aromatic carbocycles. The van der Waals surface area contributed by atoms with Gasteiger partial charge >= 0.3 is 0 Å². The van der Waals surface area contributed by atoms with Crippen LogP contribution < -0.4 is 10.1 Å². The summed E-state index contributed by atoms with van der Waals surface area (Å²) in [4.78, 5) is 8.52. The normalized spacial score (nSPS) is 10.8. The van der Waals surface area contributed by atoms with Crippen LogP contribution in [0, 0.1) is 0 Å². The molecule has 0 aliphatic carbocycles. The molecule has 0 aliphatic rings. The van der Waals surface area contributed by atoms with Crippen LogP contribution in [0.4, 0.5) is 5.82 Å². The number of hydrogen-bond acceptors (Lipinski definition) is 4. The van der Waals surface area contributed by atoms with Gasteiger partial charge in [-0.25, -0.2) is 9.97 Å². The third-order valence-electron chi connectivity index (χ3n) is 3.78. The molecule has 4 nitrogen and oxygen atoms in total. The molecule has 6 heteroatoms. The molecule has 1 N–H and O–H groups in total. The molecule has 0 bridgehead atoms. The smallest absolute Gasteiger partial charge is 0.224 e. The number of hydrogen-bond donors (Lipinski definition) is 1. The van der Waals surface area contributed by atoms with Gasteiger partial charge in [0.2, 0.25) is 5.28 Å². The lowest BCUT2D eigenvalue weighted by Gasteiger charge is -2.10. The topological polar surface area (TPSA) is 47.0 Å². The van der Waals surface area contributed by atoms with E-state index in [9.17, 15) is 0 Å². The minimum absolute atomic E-state index is 0.259. The standard InChI is InChI=1S/C19H19Cl2N3O/c20-15-9-3-5-11-17(15)25-13-7-1-6-12-22-18-14-8-2-4-10-16(14)23-19(21)24-18/h2-5,8-11H,1,6-7,12-13H2,(H,22,23,24). The van der Waals surface area contributed by atoms with Crippen molar-refractivity contribution in [2.45, 2.75) is 19.3 Å². The van der Waals surface area contributed by atoms with E-state index in [0.29, 0.717) is 11.6 Å². The Morgan fingerprint density at radius 2 is 1.68 bits per heavy atom. The van der Waals surface area contributed by atoms with Gasteiger partial charge < -0.3 is 10.1 Å². The first kappa shape index (κ1) is 17.8. The third-order valence-corrected chi connectivity index (χ3v) is 4.26. The maximum atomic E-state index is 6.06. The lowest BCUT2D eigenvalue weighted by atomic mass is 10.2. The molecular formula is C19H19Cl2N3O. The van der Waals surface area contributed by atoms with Crippen LogP contribution in [0.2, 0.25) is 10.3 Å². The maximum Gasteiger partial charge on any atom is 0.224 e. The van der Waals surface area contributed by atoms with E-state index in [1.807, 2.05) is 48.5 Å². The van der Waals surface area contributed by atoms with E-state index in [4.69, 9.17) is 27.9 Å². The predicted octanol–water partition coefficient (Wildman–Crippen LogP) is 5.60. The van der Waals surface area contributed by atoms with Crippen LogP contribution in [0.5, 0.6) is 5.75 Å². The molecule has 0 saturated heterocycles. The Balaban J connectivity index is 1.41. The van der Waals surface area contributed by atoms with E-state index in [0.717, 1.165) is 48.3 Å². The third kappa shape index (κ3) is 4.97. The summed E-state index contributed by atoms with van der Waals surface area (Å²) in [5.74, 6) is 1.52. The minimum atomic E-state index is 0.259. The Kier molecular flexibility index (Phi) is 6.31. The number of para-hydroxylation sites is 2. The van der Waals surface area contributed by atoms with Crippen LogP contribution >= 0.6 is 23.2 Å². The summed E-state index contributed by atoms with van der Waals surface area (Å²) in [7, 11) is 0. The number of unbranched alkanes of at least 4 members (excludes halogenated alkanes) is 2.